The molecule has 0 aromatic rings. The number of nitrogens with zero attached hydrogens (tertiary/aromatic N) is 1. The fourth-order valence-corrected chi connectivity index (χ4v) is 3.23. The lowest BCUT2D eigenvalue weighted by molar-refractivity contribution is 0.191. The monoisotopic (exact) mass is 224 g/mol. The summed E-state index contributed by atoms with van der Waals surface area (Å²) in [5.41, 5.74) is 0. The third-order valence-corrected chi connectivity index (χ3v) is 4.28. The zero-order valence-corrected chi connectivity index (χ0v) is 10.9. The highest BCUT2D eigenvalue weighted by atomic mass is 15.2. The van der Waals surface area contributed by atoms with Gasteiger partial charge in [0.25, 0.3) is 0 Å². The van der Waals surface area contributed by atoms with E-state index in [0.717, 1.165) is 5.92 Å². The first-order chi connectivity index (χ1) is 7.84. The van der Waals surface area contributed by atoms with Crippen molar-refractivity contribution in [2.24, 2.45) is 5.92 Å². The van der Waals surface area contributed by atoms with Crippen LogP contribution >= 0.6 is 0 Å². The Balaban J connectivity index is 1.65. The molecule has 1 saturated heterocycles. The van der Waals surface area contributed by atoms with Crippen molar-refractivity contribution in [2.75, 3.05) is 26.2 Å². The van der Waals surface area contributed by atoms with Gasteiger partial charge in [0.1, 0.15) is 0 Å². The maximum atomic E-state index is 3.52. The van der Waals surface area contributed by atoms with Crippen molar-refractivity contribution in [1.82, 2.24) is 10.2 Å². The first kappa shape index (κ1) is 12.4. The molecule has 1 saturated carbocycles. The summed E-state index contributed by atoms with van der Waals surface area (Å²) in [5, 5.41) is 3.52. The SMILES string of the molecule is C[C@H]1CN(CCC2CCCCCC2)CCN1. The quantitative estimate of drug-likeness (QED) is 0.741. The molecule has 0 unspecified atom stereocenters. The van der Waals surface area contributed by atoms with Gasteiger partial charge < -0.3 is 10.2 Å². The smallest absolute Gasteiger partial charge is 0.0167 e. The third kappa shape index (κ3) is 4.06. The fourth-order valence-electron chi connectivity index (χ4n) is 3.23. The van der Waals surface area contributed by atoms with Crippen LogP contribution in [-0.2, 0) is 0 Å². The minimum absolute atomic E-state index is 0.697. The average molecular weight is 224 g/mol. The van der Waals surface area contributed by atoms with Crippen LogP contribution in [0.4, 0.5) is 0 Å². The third-order valence-electron chi connectivity index (χ3n) is 4.28. The maximum Gasteiger partial charge on any atom is 0.0167 e. The van der Waals surface area contributed by atoms with Gasteiger partial charge >= 0.3 is 0 Å². The molecule has 2 aliphatic rings. The van der Waals surface area contributed by atoms with E-state index in [9.17, 15) is 0 Å². The molecule has 2 rings (SSSR count). The number of nitrogens with one attached hydrogen (secondary N) is 1. The Labute approximate surface area is 101 Å². The molecule has 1 N–H and O–H groups in total. The Kier molecular flexibility index (Phi) is 5.11. The number of piperazine rings is 1. The van der Waals surface area contributed by atoms with Crippen LogP contribution in [0.2, 0.25) is 0 Å². The second kappa shape index (κ2) is 6.61. The zero-order chi connectivity index (χ0) is 11.2. The molecule has 0 amide bonds. The first-order valence-corrected chi connectivity index (χ1v) is 7.30. The fraction of sp³-hybridized carbons (Fsp3) is 1.00. The highest BCUT2D eigenvalue weighted by molar-refractivity contribution is 4.76. The molecule has 16 heavy (non-hydrogen) atoms. The Morgan fingerprint density at radius 2 is 1.88 bits per heavy atom. The largest absolute Gasteiger partial charge is 0.312 e. The lowest BCUT2D eigenvalue weighted by atomic mass is 9.96. The lowest BCUT2D eigenvalue weighted by Crippen LogP contribution is -2.49. The van der Waals surface area contributed by atoms with Gasteiger partial charge in [-0.15, -0.1) is 0 Å². The van der Waals surface area contributed by atoms with Crippen molar-refractivity contribution >= 4 is 0 Å². The van der Waals surface area contributed by atoms with Crippen LogP contribution in [0.25, 0.3) is 0 Å². The molecule has 2 nitrogen and oxygen atoms in total. The highest BCUT2D eigenvalue weighted by Gasteiger charge is 2.17. The van der Waals surface area contributed by atoms with Crippen molar-refractivity contribution in [3.63, 3.8) is 0 Å². The molecular weight excluding hydrogens is 196 g/mol. The lowest BCUT2D eigenvalue weighted by Gasteiger charge is -2.32. The minimum Gasteiger partial charge on any atom is -0.312 e. The van der Waals surface area contributed by atoms with Crippen molar-refractivity contribution in [2.45, 2.75) is 57.9 Å². The summed E-state index contributed by atoms with van der Waals surface area (Å²) < 4.78 is 0. The minimum atomic E-state index is 0.697. The average Bonchev–Trinajstić information content (AvgIpc) is 2.55. The van der Waals surface area contributed by atoms with E-state index in [1.54, 1.807) is 0 Å². The molecule has 0 aromatic carbocycles. The summed E-state index contributed by atoms with van der Waals surface area (Å²) in [6.45, 7) is 7.35. The molecule has 0 radical (unpaired) electrons. The molecule has 0 spiro atoms. The Morgan fingerprint density at radius 3 is 2.56 bits per heavy atom. The number of hydrogen-bond acceptors (Lipinski definition) is 2. The van der Waals surface area contributed by atoms with E-state index in [2.05, 4.69) is 17.1 Å². The summed E-state index contributed by atoms with van der Waals surface area (Å²) in [6, 6.07) is 0.697. The van der Waals surface area contributed by atoms with E-state index in [1.807, 2.05) is 0 Å². The summed E-state index contributed by atoms with van der Waals surface area (Å²) in [7, 11) is 0. The normalized spacial score (nSPS) is 30.2. The second-order valence-electron chi connectivity index (χ2n) is 5.80. The van der Waals surface area contributed by atoms with Gasteiger partial charge in [-0.2, -0.15) is 0 Å². The predicted octanol–water partition coefficient (Wildman–Crippen LogP) is 2.64. The summed E-state index contributed by atoms with van der Waals surface area (Å²) >= 11 is 0. The second-order valence-corrected chi connectivity index (χ2v) is 5.80. The van der Waals surface area contributed by atoms with Gasteiger partial charge in [0.2, 0.25) is 0 Å². The van der Waals surface area contributed by atoms with Crippen LogP contribution in [0.15, 0.2) is 0 Å². The van der Waals surface area contributed by atoms with Crippen LogP contribution in [0.1, 0.15) is 51.9 Å². The van der Waals surface area contributed by atoms with E-state index in [-0.39, 0.29) is 0 Å². The maximum absolute atomic E-state index is 3.52. The van der Waals surface area contributed by atoms with Crippen LogP contribution in [0, 0.1) is 5.92 Å². The van der Waals surface area contributed by atoms with Gasteiger partial charge in [0.15, 0.2) is 0 Å². The summed E-state index contributed by atoms with van der Waals surface area (Å²) in [5.74, 6) is 1.03. The Bertz CT molecular complexity index is 183. The van der Waals surface area contributed by atoms with Crippen molar-refractivity contribution < 1.29 is 0 Å². The van der Waals surface area contributed by atoms with Crippen LogP contribution < -0.4 is 5.32 Å². The molecule has 1 aliphatic carbocycles. The van der Waals surface area contributed by atoms with E-state index in [1.165, 1.54) is 71.1 Å². The van der Waals surface area contributed by atoms with E-state index in [4.69, 9.17) is 0 Å². The van der Waals surface area contributed by atoms with Gasteiger partial charge in [-0.1, -0.05) is 38.5 Å². The zero-order valence-electron chi connectivity index (χ0n) is 10.9. The number of hydrogen-bond donors (Lipinski definition) is 1. The molecule has 0 bridgehead atoms. The Morgan fingerprint density at radius 1 is 1.12 bits per heavy atom. The molecular formula is C14H28N2. The molecule has 2 fully saturated rings. The van der Waals surface area contributed by atoms with Crippen molar-refractivity contribution in [1.29, 1.82) is 0 Å². The van der Waals surface area contributed by atoms with Crippen molar-refractivity contribution in [3.8, 4) is 0 Å². The van der Waals surface area contributed by atoms with Crippen LogP contribution in [0.5, 0.6) is 0 Å². The van der Waals surface area contributed by atoms with E-state index >= 15 is 0 Å². The summed E-state index contributed by atoms with van der Waals surface area (Å²) in [4.78, 5) is 2.66. The molecule has 1 aliphatic heterocycles. The van der Waals surface area contributed by atoms with Gasteiger partial charge in [0.05, 0.1) is 0 Å². The van der Waals surface area contributed by atoms with Gasteiger partial charge in [-0.25, -0.2) is 0 Å². The predicted molar refractivity (Wildman–Crippen MR) is 69.7 cm³/mol. The van der Waals surface area contributed by atoms with Gasteiger partial charge in [-0.05, 0) is 25.8 Å². The standard InChI is InChI=1S/C14H28N2/c1-13-12-16(11-9-15-13)10-8-14-6-4-2-3-5-7-14/h13-15H,2-12H2,1H3/t13-/m0/s1. The van der Waals surface area contributed by atoms with Crippen LogP contribution in [0.3, 0.4) is 0 Å². The van der Waals surface area contributed by atoms with E-state index in [0.29, 0.717) is 6.04 Å². The molecule has 94 valence electrons. The van der Waals surface area contributed by atoms with Gasteiger partial charge in [0, 0.05) is 25.7 Å². The Hall–Kier alpha value is -0.0800. The number of rotatable bonds is 3. The molecule has 0 aromatic heterocycles. The highest BCUT2D eigenvalue weighted by Crippen LogP contribution is 2.25. The summed E-state index contributed by atoms with van der Waals surface area (Å²) in [6.07, 6.45) is 10.4. The van der Waals surface area contributed by atoms with Gasteiger partial charge in [-0.3, -0.25) is 0 Å². The molecule has 2 heteroatoms. The van der Waals surface area contributed by atoms with Crippen LogP contribution in [-0.4, -0.2) is 37.1 Å². The molecule has 1 atom stereocenters. The van der Waals surface area contributed by atoms with Crippen molar-refractivity contribution in [3.05, 3.63) is 0 Å². The first-order valence-electron chi connectivity index (χ1n) is 7.30. The van der Waals surface area contributed by atoms with E-state index < -0.39 is 0 Å². The topological polar surface area (TPSA) is 15.3 Å². The molecule has 1 heterocycles.